The highest BCUT2D eigenvalue weighted by molar-refractivity contribution is 6.08. The molecule has 0 bridgehead atoms. The third-order valence-electron chi connectivity index (χ3n) is 5.46. The second-order valence-corrected chi connectivity index (χ2v) is 7.30. The Hall–Kier alpha value is -3.81. The zero-order valence-corrected chi connectivity index (χ0v) is 16.0. The number of carbonyl (C=O) groups excluding carboxylic acids is 3. The quantitative estimate of drug-likeness (QED) is 0.329. The fourth-order valence-corrected chi connectivity index (χ4v) is 3.89. The Kier molecular flexibility index (Phi) is 5.14. The Labute approximate surface area is 172 Å². The van der Waals surface area contributed by atoms with Gasteiger partial charge in [0.2, 0.25) is 0 Å². The lowest BCUT2D eigenvalue weighted by molar-refractivity contribution is -0.384. The highest BCUT2D eigenvalue weighted by Crippen LogP contribution is 2.36. The summed E-state index contributed by atoms with van der Waals surface area (Å²) in [5, 5.41) is 13.0. The van der Waals surface area contributed by atoms with Crippen molar-refractivity contribution >= 4 is 23.4 Å². The number of allylic oxidation sites excluding steroid dienone is 2. The van der Waals surface area contributed by atoms with Crippen molar-refractivity contribution in [2.24, 2.45) is 11.8 Å². The van der Waals surface area contributed by atoms with E-state index >= 15 is 0 Å². The number of fused-ring (bicyclic) bond motifs is 1. The second kappa shape index (κ2) is 7.90. The van der Waals surface area contributed by atoms with Gasteiger partial charge < -0.3 is 0 Å². The molecule has 0 N–H and O–H groups in total. The Morgan fingerprint density at radius 2 is 1.53 bits per heavy atom. The molecule has 1 aliphatic carbocycles. The van der Waals surface area contributed by atoms with Crippen molar-refractivity contribution in [2.75, 3.05) is 0 Å². The fourth-order valence-electron chi connectivity index (χ4n) is 3.89. The van der Waals surface area contributed by atoms with E-state index in [1.165, 1.54) is 24.3 Å². The van der Waals surface area contributed by atoms with Crippen LogP contribution in [0.5, 0.6) is 0 Å². The summed E-state index contributed by atoms with van der Waals surface area (Å²) in [6.45, 7) is 0.0288. The molecule has 2 aliphatic rings. The first-order valence-electron chi connectivity index (χ1n) is 9.60. The Bertz CT molecular complexity index is 1010. The highest BCUT2D eigenvalue weighted by Gasteiger charge is 2.50. The zero-order chi connectivity index (χ0) is 21.3. The highest BCUT2D eigenvalue weighted by atomic mass is 16.6. The van der Waals surface area contributed by atoms with Crippen LogP contribution in [0.3, 0.4) is 0 Å². The Morgan fingerprint density at radius 1 is 0.967 bits per heavy atom. The Morgan fingerprint density at radius 3 is 2.07 bits per heavy atom. The van der Waals surface area contributed by atoms with Crippen LogP contribution in [0.25, 0.3) is 0 Å². The molecule has 3 amide bonds. The maximum atomic E-state index is 13.3. The van der Waals surface area contributed by atoms with Crippen LogP contribution in [0.4, 0.5) is 5.69 Å². The summed E-state index contributed by atoms with van der Waals surface area (Å²) >= 11 is 0. The summed E-state index contributed by atoms with van der Waals surface area (Å²) in [4.78, 5) is 49.8. The third kappa shape index (κ3) is 3.47. The van der Waals surface area contributed by atoms with Crippen molar-refractivity contribution in [3.8, 4) is 0 Å². The van der Waals surface area contributed by atoms with Crippen molar-refractivity contribution < 1.29 is 19.3 Å². The van der Waals surface area contributed by atoms with Gasteiger partial charge in [-0.3, -0.25) is 24.5 Å². The topological polar surface area (TPSA) is 101 Å². The molecule has 0 spiro atoms. The number of imide groups is 1. The monoisotopic (exact) mass is 405 g/mol. The van der Waals surface area contributed by atoms with Crippen molar-refractivity contribution in [3.05, 3.63) is 88.0 Å². The van der Waals surface area contributed by atoms with Crippen LogP contribution in [0.15, 0.2) is 66.7 Å². The molecule has 2 aromatic rings. The molecule has 152 valence electrons. The first-order chi connectivity index (χ1) is 14.5. The molecule has 0 radical (unpaired) electrons. The largest absolute Gasteiger partial charge is 0.273 e. The number of nitrogens with zero attached hydrogens (tertiary/aromatic N) is 3. The lowest BCUT2D eigenvalue weighted by Gasteiger charge is -2.30. The molecular formula is C22H19N3O5. The van der Waals surface area contributed by atoms with E-state index in [4.69, 9.17) is 0 Å². The van der Waals surface area contributed by atoms with Crippen LogP contribution in [-0.4, -0.2) is 32.7 Å². The van der Waals surface area contributed by atoms with Crippen LogP contribution in [0, 0.1) is 22.0 Å². The molecule has 0 aromatic heterocycles. The molecular weight excluding hydrogens is 386 g/mol. The summed E-state index contributed by atoms with van der Waals surface area (Å²) in [6.07, 6.45) is 4.71. The van der Waals surface area contributed by atoms with Gasteiger partial charge in [-0.15, -0.1) is 0 Å². The van der Waals surface area contributed by atoms with E-state index in [1.807, 2.05) is 18.2 Å². The molecule has 1 saturated heterocycles. The molecule has 2 atom stereocenters. The molecule has 2 aromatic carbocycles. The molecule has 1 fully saturated rings. The minimum absolute atomic E-state index is 0.0288. The van der Waals surface area contributed by atoms with Crippen LogP contribution < -0.4 is 0 Å². The van der Waals surface area contributed by atoms with Crippen LogP contribution in [-0.2, 0) is 16.1 Å². The summed E-state index contributed by atoms with van der Waals surface area (Å²) in [5.41, 5.74) is 0.762. The fraction of sp³-hybridized carbons (Fsp3) is 0.227. The number of benzene rings is 2. The smallest absolute Gasteiger partial charge is 0.272 e. The zero-order valence-electron chi connectivity index (χ0n) is 16.0. The maximum Gasteiger partial charge on any atom is 0.273 e. The lowest BCUT2D eigenvalue weighted by Crippen LogP contribution is -2.49. The summed E-state index contributed by atoms with van der Waals surface area (Å²) < 4.78 is 0. The SMILES string of the molecule is O=C(c1ccc([N+](=O)[O-])cc1)N(Cc1ccccc1)N1C(=O)[C@H]2CC=CC[C@H]2C1=O. The van der Waals surface area contributed by atoms with Crippen molar-refractivity contribution in [1.82, 2.24) is 10.0 Å². The predicted octanol–water partition coefficient (Wildman–Crippen LogP) is 3.10. The number of amides is 3. The number of hydrazine groups is 1. The number of hydrogen-bond donors (Lipinski definition) is 0. The number of nitro groups is 1. The van der Waals surface area contributed by atoms with Gasteiger partial charge in [0.05, 0.1) is 23.3 Å². The maximum absolute atomic E-state index is 13.3. The van der Waals surface area contributed by atoms with Gasteiger partial charge in [0, 0.05) is 17.7 Å². The Balaban J connectivity index is 1.69. The van der Waals surface area contributed by atoms with Crippen LogP contribution in [0.2, 0.25) is 0 Å². The van der Waals surface area contributed by atoms with E-state index < -0.39 is 22.7 Å². The predicted molar refractivity (Wildman–Crippen MR) is 107 cm³/mol. The van der Waals surface area contributed by atoms with Gasteiger partial charge in [0.1, 0.15) is 0 Å². The minimum atomic E-state index is -0.568. The number of nitro benzene ring substituents is 1. The second-order valence-electron chi connectivity index (χ2n) is 7.30. The number of hydrogen-bond acceptors (Lipinski definition) is 5. The van der Waals surface area contributed by atoms with E-state index in [2.05, 4.69) is 0 Å². The lowest BCUT2D eigenvalue weighted by atomic mass is 9.85. The summed E-state index contributed by atoms with van der Waals surface area (Å²) in [6, 6.07) is 14.2. The van der Waals surface area contributed by atoms with E-state index in [0.717, 1.165) is 15.6 Å². The molecule has 4 rings (SSSR count). The normalized spacial score (nSPS) is 20.2. The van der Waals surface area contributed by atoms with Gasteiger partial charge in [-0.1, -0.05) is 42.5 Å². The molecule has 0 unspecified atom stereocenters. The number of carbonyl (C=O) groups is 3. The molecule has 0 saturated carbocycles. The van der Waals surface area contributed by atoms with E-state index in [9.17, 15) is 24.5 Å². The van der Waals surface area contributed by atoms with E-state index in [1.54, 1.807) is 24.3 Å². The number of non-ortho nitro benzene ring substituents is 1. The van der Waals surface area contributed by atoms with Crippen molar-refractivity contribution in [2.45, 2.75) is 19.4 Å². The van der Waals surface area contributed by atoms with Crippen LogP contribution >= 0.6 is 0 Å². The van der Waals surface area contributed by atoms with Gasteiger partial charge in [-0.2, -0.15) is 5.01 Å². The van der Waals surface area contributed by atoms with Crippen LogP contribution in [0.1, 0.15) is 28.8 Å². The molecule has 8 heteroatoms. The summed E-state index contributed by atoms with van der Waals surface area (Å²) in [7, 11) is 0. The van der Waals surface area contributed by atoms with Crippen molar-refractivity contribution in [3.63, 3.8) is 0 Å². The summed E-state index contributed by atoms with van der Waals surface area (Å²) in [5.74, 6) is -2.28. The van der Waals surface area contributed by atoms with Crippen molar-refractivity contribution in [1.29, 1.82) is 0 Å². The van der Waals surface area contributed by atoms with Gasteiger partial charge in [-0.05, 0) is 30.5 Å². The van der Waals surface area contributed by atoms with Gasteiger partial charge in [-0.25, -0.2) is 5.01 Å². The standard InChI is InChI=1S/C22H19N3O5/c26-20(16-10-12-17(13-11-16)25(29)30)23(14-15-6-2-1-3-7-15)24-21(27)18-8-4-5-9-19(18)22(24)28/h1-7,10-13,18-19H,8-9,14H2/t18-,19+. The van der Waals surface area contributed by atoms with Gasteiger partial charge in [0.15, 0.2) is 0 Å². The number of rotatable bonds is 5. The molecule has 8 nitrogen and oxygen atoms in total. The average Bonchev–Trinajstić information content (AvgIpc) is 3.03. The molecule has 30 heavy (non-hydrogen) atoms. The minimum Gasteiger partial charge on any atom is -0.272 e. The third-order valence-corrected chi connectivity index (χ3v) is 5.46. The average molecular weight is 405 g/mol. The first kappa shape index (κ1) is 19.5. The first-order valence-corrected chi connectivity index (χ1v) is 9.60. The van der Waals surface area contributed by atoms with E-state index in [0.29, 0.717) is 12.8 Å². The molecule has 1 heterocycles. The van der Waals surface area contributed by atoms with Gasteiger partial charge in [0.25, 0.3) is 23.4 Å². The molecule has 1 aliphatic heterocycles. The van der Waals surface area contributed by atoms with E-state index in [-0.39, 0.29) is 29.6 Å². The van der Waals surface area contributed by atoms with Gasteiger partial charge >= 0.3 is 0 Å².